The van der Waals surface area contributed by atoms with Crippen molar-refractivity contribution in [3.63, 3.8) is 0 Å². The predicted molar refractivity (Wildman–Crippen MR) is 96.1 cm³/mol. The Bertz CT molecular complexity index is 522. The summed E-state index contributed by atoms with van der Waals surface area (Å²) < 4.78 is 5.39. The molecule has 2 N–H and O–H groups in total. The maximum Gasteiger partial charge on any atom is 0.230 e. The Labute approximate surface area is 143 Å². The average molecular weight is 337 g/mol. The molecule has 0 atom stereocenters. The SMILES string of the molecule is COCC1(CNC(=O)CSc2ccc(C)cc2C)CCNCC1. The topological polar surface area (TPSA) is 50.4 Å². The second kappa shape index (κ2) is 8.71. The maximum atomic E-state index is 12.2. The first-order chi connectivity index (χ1) is 11.0. The maximum absolute atomic E-state index is 12.2. The Morgan fingerprint density at radius 3 is 2.74 bits per heavy atom. The lowest BCUT2D eigenvalue weighted by molar-refractivity contribution is -0.119. The number of nitrogens with one attached hydrogen (secondary N) is 2. The van der Waals surface area contributed by atoms with Crippen LogP contribution in [0.3, 0.4) is 0 Å². The van der Waals surface area contributed by atoms with Crippen molar-refractivity contribution in [2.45, 2.75) is 31.6 Å². The lowest BCUT2D eigenvalue weighted by Crippen LogP contribution is -2.47. The average Bonchev–Trinajstić information content (AvgIpc) is 2.53. The van der Waals surface area contributed by atoms with Gasteiger partial charge in [0.15, 0.2) is 0 Å². The number of thioether (sulfide) groups is 1. The molecule has 1 saturated heterocycles. The van der Waals surface area contributed by atoms with E-state index in [9.17, 15) is 4.79 Å². The van der Waals surface area contributed by atoms with Gasteiger partial charge in [-0.3, -0.25) is 4.79 Å². The van der Waals surface area contributed by atoms with Crippen LogP contribution in [0.2, 0.25) is 0 Å². The molecular formula is C18H28N2O2S. The van der Waals surface area contributed by atoms with Crippen molar-refractivity contribution in [2.24, 2.45) is 5.41 Å². The molecule has 0 spiro atoms. The van der Waals surface area contributed by atoms with Crippen LogP contribution < -0.4 is 10.6 Å². The first kappa shape index (κ1) is 18.3. The molecule has 1 aromatic carbocycles. The van der Waals surface area contributed by atoms with Crippen LogP contribution in [0.5, 0.6) is 0 Å². The fraction of sp³-hybridized carbons (Fsp3) is 0.611. The van der Waals surface area contributed by atoms with Crippen molar-refractivity contribution in [3.05, 3.63) is 29.3 Å². The Morgan fingerprint density at radius 1 is 1.35 bits per heavy atom. The third kappa shape index (κ3) is 5.52. The predicted octanol–water partition coefficient (Wildman–Crippen LogP) is 2.53. The molecule has 0 bridgehead atoms. The van der Waals surface area contributed by atoms with E-state index < -0.39 is 0 Å². The van der Waals surface area contributed by atoms with Crippen molar-refractivity contribution in [1.29, 1.82) is 0 Å². The molecule has 2 rings (SSSR count). The summed E-state index contributed by atoms with van der Waals surface area (Å²) in [5.41, 5.74) is 2.57. The molecule has 0 aliphatic carbocycles. The summed E-state index contributed by atoms with van der Waals surface area (Å²) in [6, 6.07) is 6.35. The van der Waals surface area contributed by atoms with Gasteiger partial charge in [0.05, 0.1) is 12.4 Å². The number of ether oxygens (including phenoxy) is 1. The van der Waals surface area contributed by atoms with Crippen molar-refractivity contribution in [1.82, 2.24) is 10.6 Å². The summed E-state index contributed by atoms with van der Waals surface area (Å²) in [7, 11) is 1.74. The summed E-state index contributed by atoms with van der Waals surface area (Å²) in [5.74, 6) is 0.564. The van der Waals surface area contributed by atoms with E-state index in [1.54, 1.807) is 18.9 Å². The van der Waals surface area contributed by atoms with Crippen LogP contribution in [0.25, 0.3) is 0 Å². The second-order valence-electron chi connectivity index (χ2n) is 6.52. The molecule has 1 fully saturated rings. The van der Waals surface area contributed by atoms with Gasteiger partial charge >= 0.3 is 0 Å². The van der Waals surface area contributed by atoms with Crippen LogP contribution in [-0.2, 0) is 9.53 Å². The normalized spacial score (nSPS) is 17.0. The first-order valence-electron chi connectivity index (χ1n) is 8.21. The first-order valence-corrected chi connectivity index (χ1v) is 9.20. The molecule has 1 aliphatic rings. The zero-order valence-corrected chi connectivity index (χ0v) is 15.2. The van der Waals surface area contributed by atoms with E-state index in [1.807, 2.05) is 0 Å². The number of amides is 1. The van der Waals surface area contributed by atoms with Crippen molar-refractivity contribution in [3.8, 4) is 0 Å². The highest BCUT2D eigenvalue weighted by Crippen LogP contribution is 2.28. The van der Waals surface area contributed by atoms with Crippen LogP contribution in [0, 0.1) is 19.3 Å². The Balaban J connectivity index is 1.81. The minimum atomic E-state index is 0.0834. The van der Waals surface area contributed by atoms with Crippen LogP contribution in [-0.4, -0.2) is 45.0 Å². The Hall–Kier alpha value is -1.04. The van der Waals surface area contributed by atoms with E-state index >= 15 is 0 Å². The van der Waals surface area contributed by atoms with Gasteiger partial charge in [-0.1, -0.05) is 17.7 Å². The molecule has 4 nitrogen and oxygen atoms in total. The van der Waals surface area contributed by atoms with Crippen molar-refractivity contribution in [2.75, 3.05) is 39.1 Å². The van der Waals surface area contributed by atoms with Crippen molar-refractivity contribution >= 4 is 17.7 Å². The molecule has 1 amide bonds. The third-order valence-electron chi connectivity index (χ3n) is 4.46. The number of aryl methyl sites for hydroxylation is 2. The molecule has 5 heteroatoms. The molecule has 0 aromatic heterocycles. The summed E-state index contributed by atoms with van der Waals surface area (Å²) in [5, 5.41) is 6.48. The molecule has 0 radical (unpaired) electrons. The van der Waals surface area contributed by atoms with E-state index in [0.717, 1.165) is 25.9 Å². The molecule has 0 unspecified atom stereocenters. The van der Waals surface area contributed by atoms with Gasteiger partial charge in [0.25, 0.3) is 0 Å². The number of benzene rings is 1. The van der Waals surface area contributed by atoms with Gasteiger partial charge in [0, 0.05) is 24.0 Å². The lowest BCUT2D eigenvalue weighted by atomic mass is 9.79. The number of rotatable bonds is 7. The summed E-state index contributed by atoms with van der Waals surface area (Å²) in [6.45, 7) is 7.58. The zero-order valence-electron chi connectivity index (χ0n) is 14.4. The molecule has 1 aromatic rings. The van der Waals surface area contributed by atoms with E-state index in [4.69, 9.17) is 4.74 Å². The summed E-state index contributed by atoms with van der Waals surface area (Å²) in [4.78, 5) is 13.4. The van der Waals surface area contributed by atoms with Crippen LogP contribution >= 0.6 is 11.8 Å². The van der Waals surface area contributed by atoms with E-state index in [0.29, 0.717) is 18.9 Å². The molecule has 1 aliphatic heterocycles. The summed E-state index contributed by atoms with van der Waals surface area (Å²) in [6.07, 6.45) is 2.09. The minimum absolute atomic E-state index is 0.0834. The number of hydrogen-bond donors (Lipinski definition) is 2. The molecule has 128 valence electrons. The lowest BCUT2D eigenvalue weighted by Gasteiger charge is -2.37. The molecule has 1 heterocycles. The van der Waals surface area contributed by atoms with Gasteiger partial charge in [-0.05, 0) is 51.4 Å². The third-order valence-corrected chi connectivity index (χ3v) is 5.64. The Kier molecular flexibility index (Phi) is 6.93. The number of piperidine rings is 1. The van der Waals surface area contributed by atoms with E-state index in [-0.39, 0.29) is 11.3 Å². The van der Waals surface area contributed by atoms with Gasteiger partial charge in [-0.15, -0.1) is 11.8 Å². The highest BCUT2D eigenvalue weighted by molar-refractivity contribution is 8.00. The standard InChI is InChI=1S/C18H28N2O2S/c1-14-4-5-16(15(2)10-14)23-11-17(21)20-12-18(13-22-3)6-8-19-9-7-18/h4-5,10,19H,6-9,11-13H2,1-3H3,(H,20,21). The zero-order chi connectivity index (χ0) is 16.7. The van der Waals surface area contributed by atoms with Crippen LogP contribution in [0.4, 0.5) is 0 Å². The number of carbonyl (C=O) groups excluding carboxylic acids is 1. The van der Waals surface area contributed by atoms with E-state index in [2.05, 4.69) is 42.7 Å². The fourth-order valence-corrected chi connectivity index (χ4v) is 3.92. The van der Waals surface area contributed by atoms with Gasteiger partial charge in [0.2, 0.25) is 5.91 Å². The monoisotopic (exact) mass is 336 g/mol. The fourth-order valence-electron chi connectivity index (χ4n) is 3.08. The van der Waals surface area contributed by atoms with Gasteiger partial charge < -0.3 is 15.4 Å². The number of methoxy groups -OCH3 is 1. The van der Waals surface area contributed by atoms with Gasteiger partial charge in [-0.25, -0.2) is 0 Å². The minimum Gasteiger partial charge on any atom is -0.384 e. The smallest absolute Gasteiger partial charge is 0.230 e. The van der Waals surface area contributed by atoms with Crippen molar-refractivity contribution < 1.29 is 9.53 Å². The molecule has 23 heavy (non-hydrogen) atoms. The number of hydrogen-bond acceptors (Lipinski definition) is 4. The number of carbonyl (C=O) groups is 1. The summed E-state index contributed by atoms with van der Waals surface area (Å²) >= 11 is 1.61. The second-order valence-corrected chi connectivity index (χ2v) is 7.53. The van der Waals surface area contributed by atoms with Crippen LogP contribution in [0.1, 0.15) is 24.0 Å². The highest BCUT2D eigenvalue weighted by Gasteiger charge is 2.32. The van der Waals surface area contributed by atoms with Crippen LogP contribution in [0.15, 0.2) is 23.1 Å². The molecule has 0 saturated carbocycles. The largest absolute Gasteiger partial charge is 0.384 e. The Morgan fingerprint density at radius 2 is 2.09 bits per heavy atom. The molecular weight excluding hydrogens is 308 g/mol. The van der Waals surface area contributed by atoms with E-state index in [1.165, 1.54) is 16.0 Å². The quantitative estimate of drug-likeness (QED) is 0.751. The van der Waals surface area contributed by atoms with Gasteiger partial charge in [-0.2, -0.15) is 0 Å². The highest BCUT2D eigenvalue weighted by atomic mass is 32.2. The van der Waals surface area contributed by atoms with Gasteiger partial charge in [0.1, 0.15) is 0 Å².